The number of hydrogen-bond acceptors (Lipinski definition) is 9. The van der Waals surface area contributed by atoms with Gasteiger partial charge in [-0.15, -0.1) is 12.4 Å². The molecule has 0 radical (unpaired) electrons. The van der Waals surface area contributed by atoms with Crippen LogP contribution in [0.5, 0.6) is 28.7 Å². The molecule has 4 atom stereocenters. The highest BCUT2D eigenvalue weighted by atomic mass is 35.5. The summed E-state index contributed by atoms with van der Waals surface area (Å²) in [4.78, 5) is 15.7. The molecule has 3 aliphatic heterocycles. The minimum absolute atomic E-state index is 0. The Morgan fingerprint density at radius 2 is 1.62 bits per heavy atom. The van der Waals surface area contributed by atoms with Gasteiger partial charge in [0, 0.05) is 24.9 Å². The molecule has 37 heavy (non-hydrogen) atoms. The van der Waals surface area contributed by atoms with Gasteiger partial charge < -0.3 is 33.5 Å². The topological polar surface area (TPSA) is 95.9 Å². The molecule has 9 nitrogen and oxygen atoms in total. The van der Waals surface area contributed by atoms with Gasteiger partial charge in [0.15, 0.2) is 23.0 Å². The molecule has 2 fully saturated rings. The zero-order valence-corrected chi connectivity index (χ0v) is 21.8. The molecule has 2 aromatic rings. The van der Waals surface area contributed by atoms with E-state index < -0.39 is 0 Å². The zero-order chi connectivity index (χ0) is 24.8. The number of morpholine rings is 1. The lowest BCUT2D eigenvalue weighted by molar-refractivity contribution is -0.141. The maximum Gasteiger partial charge on any atom is 0.310 e. The number of phenolic OH excluding ortho intramolecular Hbond substituents is 1. The van der Waals surface area contributed by atoms with Gasteiger partial charge in [-0.05, 0) is 59.8 Å². The standard InChI is InChI=1S/C27H31NO8.ClH/c1-31-22-9-15(10-23(32-2)26(22)29)24-18-12-21-20(35-14-36-21)11-17(18)16(19-13-34-27(30)25(19)24)3-4-28-5-7-33-8-6-28;/h9-12,16,19,24-25,29H,3-8,13-14H2,1-2H3;1H/t16-,19?,24-,25+;/m1./s1. The zero-order valence-electron chi connectivity index (χ0n) is 20.9. The predicted octanol–water partition coefficient (Wildman–Crippen LogP) is 3.30. The number of halogens is 1. The van der Waals surface area contributed by atoms with Crippen LogP contribution in [0.4, 0.5) is 0 Å². The van der Waals surface area contributed by atoms with Crippen molar-refractivity contribution < 1.29 is 38.3 Å². The summed E-state index contributed by atoms with van der Waals surface area (Å²) in [6.07, 6.45) is 0.902. The Labute approximate surface area is 221 Å². The Kier molecular flexibility index (Phi) is 7.29. The number of hydrogen-bond donors (Lipinski definition) is 1. The van der Waals surface area contributed by atoms with E-state index in [-0.39, 0.29) is 54.6 Å². The molecular formula is C27H32ClNO8. The van der Waals surface area contributed by atoms with E-state index in [2.05, 4.69) is 11.0 Å². The quantitative estimate of drug-likeness (QED) is 0.561. The third-order valence-corrected chi connectivity index (χ3v) is 8.06. The van der Waals surface area contributed by atoms with E-state index in [1.54, 1.807) is 12.1 Å². The number of aromatic hydroxyl groups is 1. The SMILES string of the molecule is COc1cc([C@@H]2c3cc4c(cc3[C@@H](CCN3CCOCC3)C3COC(=O)[C@@H]32)OCO4)cc(OC)c1O.Cl. The Hall–Kier alpha value is -2.88. The van der Waals surface area contributed by atoms with Crippen LogP contribution >= 0.6 is 12.4 Å². The summed E-state index contributed by atoms with van der Waals surface area (Å²) >= 11 is 0. The first kappa shape index (κ1) is 25.8. The van der Waals surface area contributed by atoms with Crippen LogP contribution in [-0.2, 0) is 14.3 Å². The van der Waals surface area contributed by atoms with Crippen molar-refractivity contribution in [1.29, 1.82) is 0 Å². The van der Waals surface area contributed by atoms with Crippen molar-refractivity contribution in [2.45, 2.75) is 18.3 Å². The summed E-state index contributed by atoms with van der Waals surface area (Å²) in [6, 6.07) is 7.67. The van der Waals surface area contributed by atoms with Crippen molar-refractivity contribution in [3.05, 3.63) is 41.0 Å². The van der Waals surface area contributed by atoms with Crippen LogP contribution in [0, 0.1) is 11.8 Å². The van der Waals surface area contributed by atoms with Crippen molar-refractivity contribution in [2.75, 3.05) is 60.5 Å². The van der Waals surface area contributed by atoms with E-state index in [1.165, 1.54) is 14.2 Å². The van der Waals surface area contributed by atoms with Gasteiger partial charge in [0.1, 0.15) is 0 Å². The summed E-state index contributed by atoms with van der Waals surface area (Å²) in [7, 11) is 3.00. The number of benzene rings is 2. The fraction of sp³-hybridized carbons (Fsp3) is 0.519. The summed E-state index contributed by atoms with van der Waals surface area (Å²) in [6.45, 7) is 4.82. The molecule has 1 aliphatic carbocycles. The minimum atomic E-state index is -0.369. The first-order chi connectivity index (χ1) is 17.6. The molecule has 10 heteroatoms. The lowest BCUT2D eigenvalue weighted by Gasteiger charge is -2.40. The number of rotatable bonds is 6. The van der Waals surface area contributed by atoms with Gasteiger partial charge in [0.05, 0.1) is 40.0 Å². The first-order valence-corrected chi connectivity index (χ1v) is 12.4. The number of carbonyl (C=O) groups is 1. The van der Waals surface area contributed by atoms with E-state index in [0.29, 0.717) is 23.9 Å². The second kappa shape index (κ2) is 10.5. The summed E-state index contributed by atoms with van der Waals surface area (Å²) < 4.78 is 33.6. The molecule has 6 rings (SSSR count). The number of carbonyl (C=O) groups excluding carboxylic acids is 1. The second-order valence-corrected chi connectivity index (χ2v) is 9.75. The molecule has 3 heterocycles. The Bertz CT molecular complexity index is 1140. The Morgan fingerprint density at radius 3 is 2.27 bits per heavy atom. The second-order valence-electron chi connectivity index (χ2n) is 9.75. The maximum atomic E-state index is 13.2. The minimum Gasteiger partial charge on any atom is -0.502 e. The number of fused-ring (bicyclic) bond motifs is 3. The van der Waals surface area contributed by atoms with Crippen LogP contribution in [0.2, 0.25) is 0 Å². The summed E-state index contributed by atoms with van der Waals surface area (Å²) in [5.74, 6) is 1.20. The van der Waals surface area contributed by atoms with Crippen molar-refractivity contribution in [1.82, 2.24) is 4.90 Å². The van der Waals surface area contributed by atoms with Crippen molar-refractivity contribution in [3.8, 4) is 28.7 Å². The number of cyclic esters (lactones) is 1. The van der Waals surface area contributed by atoms with Gasteiger partial charge in [-0.25, -0.2) is 0 Å². The monoisotopic (exact) mass is 533 g/mol. The van der Waals surface area contributed by atoms with Crippen LogP contribution < -0.4 is 18.9 Å². The molecule has 1 unspecified atom stereocenters. The Morgan fingerprint density at radius 1 is 0.973 bits per heavy atom. The highest BCUT2D eigenvalue weighted by molar-refractivity contribution is 5.85. The van der Waals surface area contributed by atoms with Crippen molar-refractivity contribution >= 4 is 18.4 Å². The number of nitrogens with zero attached hydrogens (tertiary/aromatic N) is 1. The fourth-order valence-corrected chi connectivity index (χ4v) is 6.29. The van der Waals surface area contributed by atoms with Crippen LogP contribution in [-0.4, -0.2) is 76.4 Å². The van der Waals surface area contributed by atoms with E-state index in [0.717, 1.165) is 61.7 Å². The summed E-state index contributed by atoms with van der Waals surface area (Å²) in [5, 5.41) is 10.5. The van der Waals surface area contributed by atoms with Crippen molar-refractivity contribution in [3.63, 3.8) is 0 Å². The number of methoxy groups -OCH3 is 2. The third-order valence-electron chi connectivity index (χ3n) is 8.06. The van der Waals surface area contributed by atoms with Gasteiger partial charge in [0.25, 0.3) is 0 Å². The van der Waals surface area contributed by atoms with E-state index in [1.807, 2.05) is 6.07 Å². The highest BCUT2D eigenvalue weighted by Crippen LogP contribution is 2.56. The lowest BCUT2D eigenvalue weighted by Crippen LogP contribution is -2.39. The molecule has 200 valence electrons. The maximum absolute atomic E-state index is 13.2. The predicted molar refractivity (Wildman–Crippen MR) is 135 cm³/mol. The molecular weight excluding hydrogens is 502 g/mol. The summed E-state index contributed by atoms with van der Waals surface area (Å²) in [5.41, 5.74) is 2.99. The molecule has 4 aliphatic rings. The van der Waals surface area contributed by atoms with Crippen LogP contribution in [0.15, 0.2) is 24.3 Å². The van der Waals surface area contributed by atoms with Gasteiger partial charge in [0.2, 0.25) is 12.5 Å². The van der Waals surface area contributed by atoms with Crippen LogP contribution in [0.1, 0.15) is 34.9 Å². The third kappa shape index (κ3) is 4.43. The number of ether oxygens (including phenoxy) is 6. The largest absolute Gasteiger partial charge is 0.502 e. The highest BCUT2D eigenvalue weighted by Gasteiger charge is 2.52. The van der Waals surface area contributed by atoms with E-state index in [4.69, 9.17) is 28.4 Å². The smallest absolute Gasteiger partial charge is 0.310 e. The first-order valence-electron chi connectivity index (χ1n) is 12.4. The molecule has 0 saturated carbocycles. The number of esters is 1. The number of phenols is 1. The van der Waals surface area contributed by atoms with Gasteiger partial charge in [-0.1, -0.05) is 0 Å². The molecule has 0 spiro atoms. The lowest BCUT2D eigenvalue weighted by atomic mass is 9.62. The molecule has 1 N–H and O–H groups in total. The molecule has 2 saturated heterocycles. The fourth-order valence-electron chi connectivity index (χ4n) is 6.29. The molecule has 0 bridgehead atoms. The average Bonchev–Trinajstić information content (AvgIpc) is 3.52. The Balaban J connectivity index is 0.00000280. The van der Waals surface area contributed by atoms with Gasteiger partial charge in [-0.3, -0.25) is 9.69 Å². The van der Waals surface area contributed by atoms with Crippen molar-refractivity contribution in [2.24, 2.45) is 11.8 Å². The molecule has 0 aromatic heterocycles. The van der Waals surface area contributed by atoms with Gasteiger partial charge in [-0.2, -0.15) is 0 Å². The van der Waals surface area contributed by atoms with Gasteiger partial charge >= 0.3 is 5.97 Å². The van der Waals surface area contributed by atoms with Crippen LogP contribution in [0.25, 0.3) is 0 Å². The van der Waals surface area contributed by atoms with E-state index in [9.17, 15) is 9.90 Å². The van der Waals surface area contributed by atoms with Crippen LogP contribution in [0.3, 0.4) is 0 Å². The normalized spacial score (nSPS) is 26.1. The van der Waals surface area contributed by atoms with E-state index >= 15 is 0 Å². The average molecular weight is 534 g/mol. The molecule has 2 aromatic carbocycles. The molecule has 0 amide bonds.